The number of benzene rings is 1. The molecule has 0 heterocycles. The number of rotatable bonds is 1. The summed E-state index contributed by atoms with van der Waals surface area (Å²) in [7, 11) is -9.74. The second-order valence-electron chi connectivity index (χ2n) is 3.05. The van der Waals surface area contributed by atoms with Crippen molar-refractivity contribution in [1.29, 1.82) is 0 Å². The molecule has 0 spiro atoms. The fourth-order valence-electron chi connectivity index (χ4n) is 0.939. The first-order chi connectivity index (χ1) is 7.38. The molecule has 0 aromatic heterocycles. The Hall–Kier alpha value is -1.75. The van der Waals surface area contributed by atoms with Gasteiger partial charge in [-0.3, -0.25) is 0 Å². The fourth-order valence-corrected chi connectivity index (χ4v) is 1.62. The van der Waals surface area contributed by atoms with Crippen LogP contribution in [-0.2, 0) is 4.79 Å². The minimum absolute atomic E-state index is 0.123. The van der Waals surface area contributed by atoms with E-state index < -0.39 is 26.7 Å². The molecule has 0 amide bonds. The highest BCUT2D eigenvalue weighted by Crippen LogP contribution is 3.02. The van der Waals surface area contributed by atoms with Gasteiger partial charge in [0, 0.05) is 11.5 Å². The molecular weight excluding hydrogens is 267 g/mol. The lowest BCUT2D eigenvalue weighted by Crippen LogP contribution is -2.06. The number of carboxylic acid groups (broad SMARTS) is 1. The first-order valence-corrected chi connectivity index (χ1v) is 5.93. The third-order valence-corrected chi connectivity index (χ3v) is 2.74. The third kappa shape index (κ3) is 3.96. The van der Waals surface area contributed by atoms with Gasteiger partial charge in [0.25, 0.3) is 0 Å². The first-order valence-electron chi connectivity index (χ1n) is 3.97. The molecule has 0 aliphatic carbocycles. The maximum absolute atomic E-state index is 12.4. The summed E-state index contributed by atoms with van der Waals surface area (Å²) < 4.78 is 61.8. The van der Waals surface area contributed by atoms with Crippen molar-refractivity contribution in [2.45, 2.75) is 4.90 Å². The Morgan fingerprint density at radius 2 is 1.76 bits per heavy atom. The quantitative estimate of drug-likeness (QED) is 0.624. The number of halogens is 5. The summed E-state index contributed by atoms with van der Waals surface area (Å²) in [5.74, 6) is 1.79. The second-order valence-corrected chi connectivity index (χ2v) is 5.46. The predicted molar refractivity (Wildman–Crippen MR) is 52.4 cm³/mol. The first kappa shape index (κ1) is 13.3. The zero-order valence-corrected chi connectivity index (χ0v) is 8.78. The maximum Gasteiger partial charge on any atom is 0.382 e. The van der Waals surface area contributed by atoms with Gasteiger partial charge in [-0.2, -0.15) is 0 Å². The predicted octanol–water partition coefficient (Wildman–Crippen LogP) is 3.78. The maximum atomic E-state index is 12.4. The lowest BCUT2D eigenvalue weighted by atomic mass is 10.2. The van der Waals surface area contributed by atoms with Crippen LogP contribution in [0.4, 0.5) is 19.4 Å². The van der Waals surface area contributed by atoms with E-state index in [2.05, 4.69) is 0 Å². The smallest absolute Gasteiger partial charge is 0.382 e. The number of carbonyl (C=O) groups is 1. The molecule has 8 heteroatoms. The van der Waals surface area contributed by atoms with Crippen molar-refractivity contribution in [3.8, 4) is 11.8 Å². The van der Waals surface area contributed by atoms with Gasteiger partial charge in [-0.05, 0) is 18.2 Å². The summed E-state index contributed by atoms with van der Waals surface area (Å²) in [5, 5.41) is 8.17. The van der Waals surface area contributed by atoms with Crippen LogP contribution in [0, 0.1) is 11.8 Å². The molecule has 0 aliphatic heterocycles. The lowest BCUT2D eigenvalue weighted by molar-refractivity contribution is -0.130. The van der Waals surface area contributed by atoms with Gasteiger partial charge in [0.15, 0.2) is 0 Å². The Labute approximate surface area is 92.8 Å². The summed E-state index contributed by atoms with van der Waals surface area (Å²) >= 11 is 0. The van der Waals surface area contributed by atoms with Crippen LogP contribution in [0.5, 0.6) is 0 Å². The highest BCUT2D eigenvalue weighted by atomic mass is 32.5. The molecule has 1 aromatic carbocycles. The van der Waals surface area contributed by atoms with Crippen LogP contribution >= 0.6 is 10.2 Å². The molecule has 2 nitrogen and oxygen atoms in total. The van der Waals surface area contributed by atoms with E-state index in [-0.39, 0.29) is 12.1 Å². The average molecular weight is 272 g/mol. The molecule has 0 bridgehead atoms. The van der Waals surface area contributed by atoms with Gasteiger partial charge in [-0.25, -0.2) is 4.79 Å². The number of hydrogen-bond donors (Lipinski definition) is 1. The van der Waals surface area contributed by atoms with Crippen molar-refractivity contribution in [2.75, 3.05) is 0 Å². The van der Waals surface area contributed by atoms with Crippen LogP contribution < -0.4 is 0 Å². The Morgan fingerprint density at radius 1 is 1.18 bits per heavy atom. The molecule has 1 rings (SSSR count). The monoisotopic (exact) mass is 272 g/mol. The molecule has 0 unspecified atom stereocenters. The topological polar surface area (TPSA) is 37.3 Å². The average Bonchev–Trinajstić information content (AvgIpc) is 2.12. The summed E-state index contributed by atoms with van der Waals surface area (Å²) in [6.07, 6.45) is 0. The lowest BCUT2D eigenvalue weighted by Gasteiger charge is -2.40. The molecule has 0 atom stereocenters. The van der Waals surface area contributed by atoms with Gasteiger partial charge in [-0.1, -0.05) is 31.4 Å². The Morgan fingerprint density at radius 3 is 2.24 bits per heavy atom. The third-order valence-electron chi connectivity index (χ3n) is 1.59. The SMILES string of the molecule is O=C(O)C#Cc1cccc(S(F)(F)(F)(F)F)c1. The van der Waals surface area contributed by atoms with Gasteiger partial charge in [0.2, 0.25) is 0 Å². The van der Waals surface area contributed by atoms with Crippen molar-refractivity contribution in [2.24, 2.45) is 0 Å². The molecule has 0 saturated carbocycles. The van der Waals surface area contributed by atoms with E-state index in [1.54, 1.807) is 0 Å². The standard InChI is InChI=1S/C9H5F5O2S/c10-17(11,12,13,14)8-3-1-2-7(6-8)4-5-9(15)16/h1-3,6H,(H,15,16). The van der Waals surface area contributed by atoms with Gasteiger partial charge < -0.3 is 5.11 Å². The van der Waals surface area contributed by atoms with Crippen LogP contribution in [0.25, 0.3) is 0 Å². The molecule has 0 saturated heterocycles. The van der Waals surface area contributed by atoms with E-state index in [1.165, 1.54) is 5.92 Å². The van der Waals surface area contributed by atoms with Crippen LogP contribution in [0.1, 0.15) is 5.56 Å². The zero-order valence-electron chi connectivity index (χ0n) is 7.96. The van der Waals surface area contributed by atoms with Crippen molar-refractivity contribution in [3.63, 3.8) is 0 Å². The van der Waals surface area contributed by atoms with Gasteiger partial charge >= 0.3 is 16.2 Å². The van der Waals surface area contributed by atoms with Crippen LogP contribution in [0.3, 0.4) is 0 Å². The fraction of sp³-hybridized carbons (Fsp3) is 0. The molecule has 94 valence electrons. The van der Waals surface area contributed by atoms with E-state index in [0.717, 1.165) is 12.1 Å². The van der Waals surface area contributed by atoms with Crippen molar-refractivity contribution in [1.82, 2.24) is 0 Å². The van der Waals surface area contributed by atoms with E-state index in [9.17, 15) is 24.2 Å². The summed E-state index contributed by atoms with van der Waals surface area (Å²) in [5.41, 5.74) is -0.446. The molecule has 0 aliphatic rings. The summed E-state index contributed by atoms with van der Waals surface area (Å²) in [4.78, 5) is 7.95. The summed E-state index contributed by atoms with van der Waals surface area (Å²) in [6, 6.07) is 2.08. The summed E-state index contributed by atoms with van der Waals surface area (Å²) in [6.45, 7) is 0. The minimum atomic E-state index is -9.74. The van der Waals surface area contributed by atoms with E-state index in [0.29, 0.717) is 0 Å². The van der Waals surface area contributed by atoms with Crippen molar-refractivity contribution >= 4 is 16.2 Å². The van der Waals surface area contributed by atoms with Gasteiger partial charge in [-0.15, -0.1) is 0 Å². The van der Waals surface area contributed by atoms with E-state index in [4.69, 9.17) is 5.11 Å². The van der Waals surface area contributed by atoms with E-state index in [1.807, 2.05) is 5.92 Å². The van der Waals surface area contributed by atoms with Gasteiger partial charge in [0.05, 0.1) is 0 Å². The van der Waals surface area contributed by atoms with E-state index >= 15 is 0 Å². The largest absolute Gasteiger partial charge is 0.472 e. The minimum Gasteiger partial charge on any atom is -0.472 e. The van der Waals surface area contributed by atoms with Crippen LogP contribution in [0.15, 0.2) is 29.2 Å². The zero-order chi connectivity index (χ0) is 13.4. The van der Waals surface area contributed by atoms with Crippen molar-refractivity contribution in [3.05, 3.63) is 29.8 Å². The number of aliphatic carboxylic acids is 1. The molecular formula is C9H5F5O2S. The highest BCUT2D eigenvalue weighted by molar-refractivity contribution is 8.45. The van der Waals surface area contributed by atoms with Crippen LogP contribution in [-0.4, -0.2) is 11.1 Å². The van der Waals surface area contributed by atoms with Gasteiger partial charge in [0.1, 0.15) is 4.90 Å². The molecule has 1 N–H and O–H groups in total. The second kappa shape index (κ2) is 3.13. The Bertz CT molecular complexity index is 537. The molecule has 0 fully saturated rings. The van der Waals surface area contributed by atoms with Crippen molar-refractivity contribution < 1.29 is 29.3 Å². The molecule has 0 radical (unpaired) electrons. The molecule has 17 heavy (non-hydrogen) atoms. The number of hydrogen-bond acceptors (Lipinski definition) is 1. The normalized spacial score (nSPS) is 15.1. The number of carboxylic acids is 1. The highest BCUT2D eigenvalue weighted by Gasteiger charge is 2.65. The Balaban J connectivity index is 3.32. The molecule has 1 aromatic rings. The van der Waals surface area contributed by atoms with Crippen LogP contribution in [0.2, 0.25) is 0 Å². The Kier molecular flexibility index (Phi) is 2.46.